The summed E-state index contributed by atoms with van der Waals surface area (Å²) in [6, 6.07) is 0.632. The van der Waals surface area contributed by atoms with Crippen molar-refractivity contribution in [3.63, 3.8) is 0 Å². The van der Waals surface area contributed by atoms with Crippen LogP contribution < -0.4 is 0 Å². The highest BCUT2D eigenvalue weighted by Gasteiger charge is 2.40. The number of aliphatic hydroxyl groups is 1. The van der Waals surface area contributed by atoms with Gasteiger partial charge in [-0.2, -0.15) is 0 Å². The quantitative estimate of drug-likeness (QED) is 0.802. The molecule has 2 unspecified atom stereocenters. The summed E-state index contributed by atoms with van der Waals surface area (Å²) in [5, 5.41) is 9.54. The van der Waals surface area contributed by atoms with Crippen molar-refractivity contribution in [2.45, 2.75) is 18.6 Å². The minimum atomic E-state index is -0.788. The Kier molecular flexibility index (Phi) is 3.58. The van der Waals surface area contributed by atoms with E-state index < -0.39 is 24.0 Å². The Morgan fingerprint density at radius 1 is 1.61 bits per heavy atom. The van der Waals surface area contributed by atoms with Gasteiger partial charge in [0, 0.05) is 13.0 Å². The molecular weight excluding hydrogens is 262 g/mol. The molecule has 1 N–H and O–H groups in total. The second-order valence-electron chi connectivity index (χ2n) is 3.99. The van der Waals surface area contributed by atoms with E-state index in [1.807, 2.05) is 0 Å². The molecule has 2 rings (SSSR count). The number of methoxy groups -OCH3 is 1. The van der Waals surface area contributed by atoms with Crippen molar-refractivity contribution in [3.05, 3.63) is 23.1 Å². The minimum absolute atomic E-state index is 0.0370. The lowest BCUT2D eigenvalue weighted by atomic mass is 10.2. The Bertz CT molecular complexity index is 472. The number of aliphatic hydroxyl groups excluding tert-OH is 1. The van der Waals surface area contributed by atoms with Gasteiger partial charge in [-0.15, -0.1) is 0 Å². The minimum Gasteiger partial charge on any atom is -0.467 e. The highest BCUT2D eigenvalue weighted by Crippen LogP contribution is 2.25. The van der Waals surface area contributed by atoms with E-state index in [4.69, 9.17) is 16.0 Å². The van der Waals surface area contributed by atoms with E-state index >= 15 is 0 Å². The number of carbonyl (C=O) groups is 2. The largest absolute Gasteiger partial charge is 0.467 e. The number of hydrogen-bond acceptors (Lipinski definition) is 5. The molecule has 7 heteroatoms. The molecule has 6 nitrogen and oxygen atoms in total. The average molecular weight is 274 g/mol. The second-order valence-corrected chi connectivity index (χ2v) is 4.34. The van der Waals surface area contributed by atoms with Gasteiger partial charge in [-0.1, -0.05) is 0 Å². The molecule has 1 aliphatic heterocycles. The maximum atomic E-state index is 12.2. The average Bonchev–Trinajstić information content (AvgIpc) is 2.93. The van der Waals surface area contributed by atoms with Crippen LogP contribution in [0, 0.1) is 0 Å². The highest BCUT2D eigenvalue weighted by molar-refractivity contribution is 6.32. The van der Waals surface area contributed by atoms with Crippen LogP contribution in [0.15, 0.2) is 16.7 Å². The number of hydrogen-bond donors (Lipinski definition) is 1. The number of ether oxygens (including phenoxy) is 1. The van der Waals surface area contributed by atoms with Gasteiger partial charge in [-0.05, 0) is 17.7 Å². The lowest BCUT2D eigenvalue weighted by Crippen LogP contribution is -2.41. The van der Waals surface area contributed by atoms with Crippen LogP contribution in [0.25, 0.3) is 0 Å². The Hall–Kier alpha value is -1.53. The summed E-state index contributed by atoms with van der Waals surface area (Å²) in [4.78, 5) is 25.0. The van der Waals surface area contributed by atoms with Crippen LogP contribution in [0.1, 0.15) is 16.8 Å². The summed E-state index contributed by atoms with van der Waals surface area (Å²) < 4.78 is 9.44. The number of amides is 1. The molecule has 0 bridgehead atoms. The Labute approximate surface area is 108 Å². The van der Waals surface area contributed by atoms with Crippen molar-refractivity contribution in [2.24, 2.45) is 0 Å². The number of rotatable bonds is 2. The molecule has 0 aliphatic carbocycles. The normalized spacial score (nSPS) is 23.2. The summed E-state index contributed by atoms with van der Waals surface area (Å²) in [5.74, 6) is -1.01. The third kappa shape index (κ3) is 2.21. The summed E-state index contributed by atoms with van der Waals surface area (Å²) >= 11 is 5.72. The van der Waals surface area contributed by atoms with Crippen molar-refractivity contribution in [1.29, 1.82) is 0 Å². The first-order valence-electron chi connectivity index (χ1n) is 5.34. The van der Waals surface area contributed by atoms with Gasteiger partial charge in [0.25, 0.3) is 5.91 Å². The molecule has 0 radical (unpaired) electrons. The first-order valence-corrected chi connectivity index (χ1v) is 5.72. The molecule has 1 aliphatic rings. The summed E-state index contributed by atoms with van der Waals surface area (Å²) in [5.41, 5.74) is 0.166. The number of esters is 1. The number of likely N-dealkylation sites (tertiary alicyclic amines) is 1. The third-order valence-electron chi connectivity index (χ3n) is 2.86. The number of carbonyl (C=O) groups excluding carboxylic acids is 2. The van der Waals surface area contributed by atoms with Crippen LogP contribution in [0.3, 0.4) is 0 Å². The molecule has 1 saturated heterocycles. The maximum Gasteiger partial charge on any atom is 0.328 e. The number of nitrogens with zero attached hydrogens (tertiary/aromatic N) is 1. The van der Waals surface area contributed by atoms with E-state index in [9.17, 15) is 14.7 Å². The summed E-state index contributed by atoms with van der Waals surface area (Å²) in [6.45, 7) is 0.0696. The molecule has 0 aromatic carbocycles. The van der Waals surface area contributed by atoms with E-state index in [2.05, 4.69) is 4.74 Å². The van der Waals surface area contributed by atoms with Crippen molar-refractivity contribution in [3.8, 4) is 0 Å². The SMILES string of the molecule is COC(=O)C1CC(O)CN1C(=O)c1ccoc1Cl. The second kappa shape index (κ2) is 4.99. The smallest absolute Gasteiger partial charge is 0.328 e. The van der Waals surface area contributed by atoms with Gasteiger partial charge in [0.15, 0.2) is 0 Å². The van der Waals surface area contributed by atoms with E-state index in [-0.39, 0.29) is 23.7 Å². The van der Waals surface area contributed by atoms with Crippen molar-refractivity contribution >= 4 is 23.5 Å². The maximum absolute atomic E-state index is 12.2. The van der Waals surface area contributed by atoms with Gasteiger partial charge in [0.05, 0.1) is 25.0 Å². The Morgan fingerprint density at radius 2 is 2.33 bits per heavy atom. The summed E-state index contributed by atoms with van der Waals surface area (Å²) in [6.07, 6.45) is 0.701. The molecule has 1 fully saturated rings. The molecule has 1 aromatic heterocycles. The van der Waals surface area contributed by atoms with Gasteiger partial charge < -0.3 is 19.2 Å². The lowest BCUT2D eigenvalue weighted by Gasteiger charge is -2.21. The van der Waals surface area contributed by atoms with Crippen LogP contribution in [-0.4, -0.2) is 47.7 Å². The van der Waals surface area contributed by atoms with Gasteiger partial charge in [0.1, 0.15) is 6.04 Å². The Morgan fingerprint density at radius 3 is 2.89 bits per heavy atom. The van der Waals surface area contributed by atoms with Crippen molar-refractivity contribution in [1.82, 2.24) is 4.90 Å². The predicted molar refractivity (Wildman–Crippen MR) is 61.2 cm³/mol. The van der Waals surface area contributed by atoms with Crippen LogP contribution in [-0.2, 0) is 9.53 Å². The molecular formula is C11H12ClNO5. The number of furan rings is 1. The zero-order valence-electron chi connectivity index (χ0n) is 9.63. The van der Waals surface area contributed by atoms with Crippen molar-refractivity contribution in [2.75, 3.05) is 13.7 Å². The van der Waals surface area contributed by atoms with Crippen LogP contribution >= 0.6 is 11.6 Å². The lowest BCUT2D eigenvalue weighted by molar-refractivity contribution is -0.145. The first-order chi connectivity index (χ1) is 8.54. The summed E-state index contributed by atoms with van der Waals surface area (Å²) in [7, 11) is 1.24. The van der Waals surface area contributed by atoms with Gasteiger partial charge >= 0.3 is 5.97 Å². The molecule has 98 valence electrons. The van der Waals surface area contributed by atoms with E-state index in [0.717, 1.165) is 0 Å². The van der Waals surface area contributed by atoms with E-state index in [1.165, 1.54) is 24.3 Å². The third-order valence-corrected chi connectivity index (χ3v) is 3.15. The van der Waals surface area contributed by atoms with Crippen LogP contribution in [0.2, 0.25) is 5.22 Å². The highest BCUT2D eigenvalue weighted by atomic mass is 35.5. The molecule has 18 heavy (non-hydrogen) atoms. The standard InChI is InChI=1S/C11H12ClNO5/c1-17-11(16)8-4-6(14)5-13(8)10(15)7-2-3-18-9(7)12/h2-3,6,8,14H,4-5H2,1H3. The molecule has 2 heterocycles. The molecule has 2 atom stereocenters. The Balaban J connectivity index is 2.23. The number of β-amino-alcohol motifs (C(OH)–C–C–N with tert-alkyl or cyclic N) is 1. The molecule has 0 spiro atoms. The van der Waals surface area contributed by atoms with Crippen LogP contribution in [0.5, 0.6) is 0 Å². The van der Waals surface area contributed by atoms with Crippen molar-refractivity contribution < 1.29 is 23.8 Å². The van der Waals surface area contributed by atoms with Gasteiger partial charge in [-0.25, -0.2) is 4.79 Å². The molecule has 1 aromatic rings. The molecule has 1 amide bonds. The predicted octanol–water partition coefficient (Wildman–Crippen LogP) is 0.681. The first kappa shape index (κ1) is 12.9. The fourth-order valence-electron chi connectivity index (χ4n) is 2.00. The topological polar surface area (TPSA) is 80.0 Å². The van der Waals surface area contributed by atoms with E-state index in [1.54, 1.807) is 0 Å². The monoisotopic (exact) mass is 273 g/mol. The van der Waals surface area contributed by atoms with Crippen LogP contribution in [0.4, 0.5) is 0 Å². The fourth-order valence-corrected chi connectivity index (χ4v) is 2.19. The zero-order valence-corrected chi connectivity index (χ0v) is 10.4. The van der Waals surface area contributed by atoms with Gasteiger partial charge in [-0.3, -0.25) is 4.79 Å². The van der Waals surface area contributed by atoms with E-state index in [0.29, 0.717) is 0 Å². The number of halogens is 1. The van der Waals surface area contributed by atoms with Gasteiger partial charge in [0.2, 0.25) is 5.22 Å². The zero-order chi connectivity index (χ0) is 13.3. The fraction of sp³-hybridized carbons (Fsp3) is 0.455. The molecule has 0 saturated carbocycles.